The van der Waals surface area contributed by atoms with Gasteiger partial charge in [-0.2, -0.15) is 5.10 Å². The van der Waals surface area contributed by atoms with E-state index in [9.17, 15) is 9.59 Å². The van der Waals surface area contributed by atoms with E-state index in [4.69, 9.17) is 5.11 Å². The third kappa shape index (κ3) is 2.46. The van der Waals surface area contributed by atoms with Crippen molar-refractivity contribution < 1.29 is 14.7 Å². The molecule has 1 N–H and O–H groups in total. The van der Waals surface area contributed by atoms with Gasteiger partial charge in [0.25, 0.3) is 5.91 Å². The molecule has 1 aliphatic rings. The lowest BCUT2D eigenvalue weighted by Gasteiger charge is -2.30. The number of carbonyl (C=O) groups is 2. The summed E-state index contributed by atoms with van der Waals surface area (Å²) >= 11 is 0. The Labute approximate surface area is 98.8 Å². The summed E-state index contributed by atoms with van der Waals surface area (Å²) in [7, 11) is 1.74. The zero-order chi connectivity index (χ0) is 12.4. The molecule has 1 aromatic rings. The second-order valence-corrected chi connectivity index (χ2v) is 4.30. The molecule has 0 saturated carbocycles. The Morgan fingerprint density at radius 3 is 2.88 bits per heavy atom. The number of hydrogen-bond donors (Lipinski definition) is 1. The first kappa shape index (κ1) is 11.6. The van der Waals surface area contributed by atoms with Crippen molar-refractivity contribution in [3.05, 3.63) is 18.0 Å². The summed E-state index contributed by atoms with van der Waals surface area (Å²) in [5.74, 6) is -1.46. The van der Waals surface area contributed by atoms with Crippen molar-refractivity contribution in [1.82, 2.24) is 14.7 Å². The monoisotopic (exact) mass is 237 g/mol. The highest BCUT2D eigenvalue weighted by molar-refractivity contribution is 5.92. The van der Waals surface area contributed by atoms with Crippen molar-refractivity contribution in [2.45, 2.75) is 12.8 Å². The first-order valence-corrected chi connectivity index (χ1v) is 5.59. The summed E-state index contributed by atoms with van der Waals surface area (Å²) in [4.78, 5) is 24.5. The predicted octanol–water partition coefficient (Wildman–Crippen LogP) is 0.357. The molecule has 1 aromatic heterocycles. The van der Waals surface area contributed by atoms with E-state index in [1.807, 2.05) is 0 Å². The van der Waals surface area contributed by atoms with Crippen molar-refractivity contribution in [2.24, 2.45) is 13.0 Å². The molecule has 0 radical (unpaired) electrons. The number of rotatable bonds is 2. The number of carbonyl (C=O) groups excluding carboxylic acids is 1. The minimum atomic E-state index is -0.830. The van der Waals surface area contributed by atoms with Gasteiger partial charge in [0.05, 0.1) is 5.92 Å². The van der Waals surface area contributed by atoms with E-state index in [1.165, 1.54) is 0 Å². The molecule has 0 spiro atoms. The van der Waals surface area contributed by atoms with Gasteiger partial charge < -0.3 is 10.0 Å². The van der Waals surface area contributed by atoms with Gasteiger partial charge in [0, 0.05) is 26.3 Å². The number of carboxylic acids is 1. The van der Waals surface area contributed by atoms with E-state index in [0.29, 0.717) is 18.7 Å². The SMILES string of the molecule is Cn1ccc(C(=O)N2CCCC(C(=O)O)C2)n1. The van der Waals surface area contributed by atoms with Crippen LogP contribution in [0.5, 0.6) is 0 Å². The van der Waals surface area contributed by atoms with E-state index in [1.54, 1.807) is 28.9 Å². The van der Waals surface area contributed by atoms with Crippen LogP contribution >= 0.6 is 0 Å². The largest absolute Gasteiger partial charge is 0.481 e. The fourth-order valence-electron chi connectivity index (χ4n) is 2.05. The minimum Gasteiger partial charge on any atom is -0.481 e. The van der Waals surface area contributed by atoms with E-state index in [0.717, 1.165) is 6.42 Å². The molecule has 1 unspecified atom stereocenters. The van der Waals surface area contributed by atoms with Crippen molar-refractivity contribution in [3.8, 4) is 0 Å². The first-order chi connectivity index (χ1) is 8.08. The number of carboxylic acid groups (broad SMARTS) is 1. The van der Waals surface area contributed by atoms with Crippen LogP contribution in [0.25, 0.3) is 0 Å². The second-order valence-electron chi connectivity index (χ2n) is 4.30. The predicted molar refractivity (Wildman–Crippen MR) is 59.5 cm³/mol. The van der Waals surface area contributed by atoms with Gasteiger partial charge in [-0.1, -0.05) is 0 Å². The highest BCUT2D eigenvalue weighted by Crippen LogP contribution is 2.18. The van der Waals surface area contributed by atoms with E-state index < -0.39 is 11.9 Å². The van der Waals surface area contributed by atoms with Gasteiger partial charge in [-0.15, -0.1) is 0 Å². The number of amides is 1. The molecule has 6 nitrogen and oxygen atoms in total. The topological polar surface area (TPSA) is 75.4 Å². The van der Waals surface area contributed by atoms with Crippen LogP contribution in [-0.2, 0) is 11.8 Å². The fourth-order valence-corrected chi connectivity index (χ4v) is 2.05. The third-order valence-corrected chi connectivity index (χ3v) is 2.99. The lowest BCUT2D eigenvalue weighted by molar-refractivity contribution is -0.143. The number of aromatic nitrogens is 2. The van der Waals surface area contributed by atoms with E-state index in [2.05, 4.69) is 5.10 Å². The first-order valence-electron chi connectivity index (χ1n) is 5.59. The van der Waals surface area contributed by atoms with Crippen molar-refractivity contribution in [1.29, 1.82) is 0 Å². The van der Waals surface area contributed by atoms with Gasteiger partial charge in [0.1, 0.15) is 5.69 Å². The summed E-state index contributed by atoms with van der Waals surface area (Å²) in [5.41, 5.74) is 0.374. The highest BCUT2D eigenvalue weighted by atomic mass is 16.4. The molecule has 92 valence electrons. The van der Waals surface area contributed by atoms with Crippen LogP contribution in [0.4, 0.5) is 0 Å². The second kappa shape index (κ2) is 4.57. The van der Waals surface area contributed by atoms with Crippen LogP contribution < -0.4 is 0 Å². The molecule has 6 heteroatoms. The lowest BCUT2D eigenvalue weighted by atomic mass is 9.98. The minimum absolute atomic E-state index is 0.184. The molecule has 1 atom stereocenters. The maximum atomic E-state index is 12.0. The zero-order valence-corrected chi connectivity index (χ0v) is 9.67. The van der Waals surface area contributed by atoms with Crippen LogP contribution in [0.1, 0.15) is 23.3 Å². The smallest absolute Gasteiger partial charge is 0.308 e. The summed E-state index contributed by atoms with van der Waals surface area (Å²) in [6, 6.07) is 1.65. The number of aryl methyl sites for hydroxylation is 1. The Kier molecular flexibility index (Phi) is 3.12. The van der Waals surface area contributed by atoms with Gasteiger partial charge in [-0.3, -0.25) is 14.3 Å². The van der Waals surface area contributed by atoms with Gasteiger partial charge in [0.2, 0.25) is 0 Å². The Balaban J connectivity index is 2.07. The molecule has 1 aliphatic heterocycles. The Hall–Kier alpha value is -1.85. The molecule has 2 rings (SSSR count). The Morgan fingerprint density at radius 2 is 2.29 bits per heavy atom. The zero-order valence-electron chi connectivity index (χ0n) is 9.67. The van der Waals surface area contributed by atoms with E-state index >= 15 is 0 Å². The molecule has 0 aliphatic carbocycles. The van der Waals surface area contributed by atoms with Gasteiger partial charge in [-0.05, 0) is 18.9 Å². The average Bonchev–Trinajstić information content (AvgIpc) is 2.75. The van der Waals surface area contributed by atoms with Gasteiger partial charge >= 0.3 is 5.97 Å². The highest BCUT2D eigenvalue weighted by Gasteiger charge is 2.29. The number of hydrogen-bond acceptors (Lipinski definition) is 3. The molecule has 1 saturated heterocycles. The van der Waals surface area contributed by atoms with Gasteiger partial charge in [0.15, 0.2) is 0 Å². The maximum absolute atomic E-state index is 12.0. The Bertz CT molecular complexity index is 441. The molecule has 1 fully saturated rings. The molecule has 1 amide bonds. The normalized spacial score (nSPS) is 20.3. The molecular weight excluding hydrogens is 222 g/mol. The van der Waals surface area contributed by atoms with Crippen LogP contribution in [0.15, 0.2) is 12.3 Å². The summed E-state index contributed by atoms with van der Waals surface area (Å²) < 4.78 is 1.56. The van der Waals surface area contributed by atoms with Crippen LogP contribution in [0.3, 0.4) is 0 Å². The van der Waals surface area contributed by atoms with E-state index in [-0.39, 0.29) is 12.5 Å². The van der Waals surface area contributed by atoms with Crippen LogP contribution in [0.2, 0.25) is 0 Å². The third-order valence-electron chi connectivity index (χ3n) is 2.99. The van der Waals surface area contributed by atoms with Crippen LogP contribution in [0, 0.1) is 5.92 Å². The molecular formula is C11H15N3O3. The molecule has 0 bridgehead atoms. The molecule has 17 heavy (non-hydrogen) atoms. The molecule has 0 aromatic carbocycles. The van der Waals surface area contributed by atoms with Gasteiger partial charge in [-0.25, -0.2) is 0 Å². The number of likely N-dealkylation sites (tertiary alicyclic amines) is 1. The average molecular weight is 237 g/mol. The summed E-state index contributed by atoms with van der Waals surface area (Å²) in [6.07, 6.45) is 3.07. The summed E-state index contributed by atoms with van der Waals surface area (Å²) in [5, 5.41) is 13.0. The quantitative estimate of drug-likeness (QED) is 0.805. The standard InChI is InChI=1S/C11H15N3O3/c1-13-6-4-9(12-13)10(15)14-5-2-3-8(7-14)11(16)17/h4,6,8H,2-3,5,7H2,1H3,(H,16,17). The number of nitrogens with zero attached hydrogens (tertiary/aromatic N) is 3. The Morgan fingerprint density at radius 1 is 1.53 bits per heavy atom. The van der Waals surface area contributed by atoms with Crippen molar-refractivity contribution >= 4 is 11.9 Å². The fraction of sp³-hybridized carbons (Fsp3) is 0.545. The number of aliphatic carboxylic acids is 1. The number of piperidine rings is 1. The van der Waals surface area contributed by atoms with Crippen molar-refractivity contribution in [2.75, 3.05) is 13.1 Å². The maximum Gasteiger partial charge on any atom is 0.308 e. The van der Waals surface area contributed by atoms with Crippen molar-refractivity contribution in [3.63, 3.8) is 0 Å². The molecule has 2 heterocycles. The lowest BCUT2D eigenvalue weighted by Crippen LogP contribution is -2.42. The summed E-state index contributed by atoms with van der Waals surface area (Å²) in [6.45, 7) is 0.893. The van der Waals surface area contributed by atoms with Crippen LogP contribution in [-0.4, -0.2) is 44.8 Å².